The van der Waals surface area contributed by atoms with E-state index in [0.29, 0.717) is 34.8 Å². The summed E-state index contributed by atoms with van der Waals surface area (Å²) in [6.07, 6.45) is 4.59. The molecule has 0 aromatic carbocycles. The van der Waals surface area contributed by atoms with Gasteiger partial charge in [0, 0.05) is 12.5 Å². The molecule has 1 fully saturated rings. The molecule has 1 saturated carbocycles. The molecule has 0 spiro atoms. The van der Waals surface area contributed by atoms with Crippen LogP contribution in [-0.4, -0.2) is 34.7 Å². The first kappa shape index (κ1) is 20.4. The number of hydrogen-bond donors (Lipinski definition) is 2. The molecule has 1 amide bonds. The fourth-order valence-electron chi connectivity index (χ4n) is 3.33. The van der Waals surface area contributed by atoms with Gasteiger partial charge in [-0.3, -0.25) is 4.79 Å². The summed E-state index contributed by atoms with van der Waals surface area (Å²) in [6, 6.07) is 1.72. The second kappa shape index (κ2) is 9.14. The molecule has 0 bridgehead atoms. The molecule has 0 aliphatic heterocycles. The van der Waals surface area contributed by atoms with Crippen LogP contribution in [0.5, 0.6) is 0 Å². The van der Waals surface area contributed by atoms with Crippen LogP contribution in [0.25, 0.3) is 0 Å². The Morgan fingerprint density at radius 1 is 1.36 bits per heavy atom. The van der Waals surface area contributed by atoms with Crippen LogP contribution in [0.4, 0.5) is 5.69 Å². The third-order valence-electron chi connectivity index (χ3n) is 4.80. The molecule has 2 N–H and O–H groups in total. The van der Waals surface area contributed by atoms with Crippen LogP contribution in [0.3, 0.4) is 0 Å². The lowest BCUT2D eigenvalue weighted by atomic mass is 9.82. The zero-order valence-corrected chi connectivity index (χ0v) is 17.1. The molecule has 1 aliphatic carbocycles. The van der Waals surface area contributed by atoms with Crippen molar-refractivity contribution in [2.45, 2.75) is 58.5 Å². The van der Waals surface area contributed by atoms with Gasteiger partial charge >= 0.3 is 5.97 Å². The molecule has 2 rings (SSSR count). The van der Waals surface area contributed by atoms with Gasteiger partial charge < -0.3 is 15.1 Å². The van der Waals surface area contributed by atoms with Crippen LogP contribution in [-0.2, 0) is 4.79 Å². The highest BCUT2D eigenvalue weighted by atomic mass is 79.9. The van der Waals surface area contributed by atoms with Gasteiger partial charge in [-0.2, -0.15) is 0 Å². The number of halogens is 1. The van der Waals surface area contributed by atoms with E-state index in [9.17, 15) is 19.8 Å². The van der Waals surface area contributed by atoms with Gasteiger partial charge in [0.1, 0.15) is 4.88 Å². The number of amides is 1. The lowest BCUT2D eigenvalue weighted by Crippen LogP contribution is -2.39. The van der Waals surface area contributed by atoms with E-state index in [1.165, 1.54) is 0 Å². The molecule has 1 unspecified atom stereocenters. The van der Waals surface area contributed by atoms with Crippen molar-refractivity contribution in [2.75, 3.05) is 11.4 Å². The Morgan fingerprint density at radius 3 is 2.56 bits per heavy atom. The Labute approximate surface area is 161 Å². The minimum atomic E-state index is -1.02. The topological polar surface area (TPSA) is 77.8 Å². The molecule has 0 saturated heterocycles. The number of aromatic carboxylic acids is 1. The fourth-order valence-corrected chi connectivity index (χ4v) is 4.76. The molecule has 1 aromatic heterocycles. The first-order chi connectivity index (χ1) is 11.8. The van der Waals surface area contributed by atoms with Crippen LogP contribution < -0.4 is 4.90 Å². The summed E-state index contributed by atoms with van der Waals surface area (Å²) in [5.41, 5.74) is 0.471. The quantitative estimate of drug-likeness (QED) is 0.664. The van der Waals surface area contributed by atoms with E-state index in [2.05, 4.69) is 22.9 Å². The molecule has 1 aliphatic rings. The molecule has 5 nitrogen and oxygen atoms in total. The number of rotatable bonds is 7. The van der Waals surface area contributed by atoms with Crippen molar-refractivity contribution < 1.29 is 19.8 Å². The van der Waals surface area contributed by atoms with E-state index in [4.69, 9.17) is 0 Å². The highest BCUT2D eigenvalue weighted by molar-refractivity contribution is 9.11. The summed E-state index contributed by atoms with van der Waals surface area (Å²) in [6.45, 7) is 4.36. The number of aliphatic hydroxyl groups excluding tert-OH is 1. The van der Waals surface area contributed by atoms with E-state index in [1.807, 2.05) is 0 Å². The van der Waals surface area contributed by atoms with Crippen molar-refractivity contribution >= 4 is 44.8 Å². The van der Waals surface area contributed by atoms with E-state index in [-0.39, 0.29) is 16.7 Å². The summed E-state index contributed by atoms with van der Waals surface area (Å²) >= 11 is 4.47. The van der Waals surface area contributed by atoms with Crippen molar-refractivity contribution in [1.82, 2.24) is 0 Å². The number of thiophene rings is 1. The van der Waals surface area contributed by atoms with Gasteiger partial charge in [0.2, 0.25) is 5.91 Å². The van der Waals surface area contributed by atoms with Gasteiger partial charge in [0.25, 0.3) is 0 Å². The van der Waals surface area contributed by atoms with E-state index in [1.54, 1.807) is 17.9 Å². The van der Waals surface area contributed by atoms with Crippen LogP contribution in [0.15, 0.2) is 9.85 Å². The summed E-state index contributed by atoms with van der Waals surface area (Å²) in [5.74, 6) is -0.387. The normalized spacial score (nSPS) is 21.8. The van der Waals surface area contributed by atoms with Crippen LogP contribution in [0.2, 0.25) is 0 Å². The first-order valence-electron chi connectivity index (χ1n) is 8.81. The Kier molecular flexibility index (Phi) is 7.46. The number of carbonyl (C=O) groups excluding carboxylic acids is 1. The van der Waals surface area contributed by atoms with Crippen LogP contribution in [0.1, 0.15) is 62.0 Å². The van der Waals surface area contributed by atoms with Crippen molar-refractivity contribution in [1.29, 1.82) is 0 Å². The lowest BCUT2D eigenvalue weighted by Gasteiger charge is -2.31. The van der Waals surface area contributed by atoms with Gasteiger partial charge in [-0.15, -0.1) is 11.3 Å². The van der Waals surface area contributed by atoms with Crippen LogP contribution in [0, 0.1) is 11.8 Å². The highest BCUT2D eigenvalue weighted by Crippen LogP contribution is 2.37. The third kappa shape index (κ3) is 5.53. The summed E-state index contributed by atoms with van der Waals surface area (Å²) in [7, 11) is 0. The van der Waals surface area contributed by atoms with Crippen LogP contribution >= 0.6 is 27.3 Å². The standard InChI is InChI=1S/C18H26BrNO4S/c1-11-5-7-13(8-6-11)17(22)20(9-3-4-12(2)21)14-10-15(19)25-16(14)18(23)24/h10-13,21H,3-9H2,1-2H3,(H,23,24). The zero-order chi connectivity index (χ0) is 18.6. The predicted molar refractivity (Wildman–Crippen MR) is 103 cm³/mol. The van der Waals surface area contributed by atoms with E-state index in [0.717, 1.165) is 37.0 Å². The molecular weight excluding hydrogens is 406 g/mol. The molecule has 1 aromatic rings. The summed E-state index contributed by atoms with van der Waals surface area (Å²) in [4.78, 5) is 26.5. The minimum absolute atomic E-state index is 0.0188. The first-order valence-corrected chi connectivity index (χ1v) is 10.4. The Bertz CT molecular complexity index is 608. The lowest BCUT2D eigenvalue weighted by molar-refractivity contribution is -0.123. The Balaban J connectivity index is 2.23. The number of nitrogens with zero attached hydrogens (tertiary/aromatic N) is 1. The molecular formula is C18H26BrNO4S. The average molecular weight is 432 g/mol. The number of hydrogen-bond acceptors (Lipinski definition) is 4. The maximum Gasteiger partial charge on any atom is 0.348 e. The third-order valence-corrected chi connectivity index (χ3v) is 6.42. The number of carbonyl (C=O) groups is 2. The molecule has 140 valence electrons. The van der Waals surface area contributed by atoms with E-state index < -0.39 is 12.1 Å². The van der Waals surface area contributed by atoms with Gasteiger partial charge in [0.05, 0.1) is 15.6 Å². The summed E-state index contributed by atoms with van der Waals surface area (Å²) < 4.78 is 0.700. The number of carboxylic acids is 1. The maximum atomic E-state index is 13.1. The van der Waals surface area contributed by atoms with Gasteiger partial charge in [-0.05, 0) is 73.4 Å². The second-order valence-electron chi connectivity index (χ2n) is 7.01. The number of carboxylic acid groups (broad SMARTS) is 1. The SMILES string of the molecule is CC(O)CCCN(C(=O)C1CCC(C)CC1)c1cc(Br)sc1C(=O)O. The van der Waals surface area contributed by atoms with Gasteiger partial charge in [-0.1, -0.05) is 6.92 Å². The van der Waals surface area contributed by atoms with Crippen molar-refractivity contribution in [3.8, 4) is 0 Å². The van der Waals surface area contributed by atoms with Gasteiger partial charge in [-0.25, -0.2) is 4.79 Å². The monoisotopic (exact) mass is 431 g/mol. The number of anilines is 1. The molecule has 0 radical (unpaired) electrons. The molecule has 7 heteroatoms. The van der Waals surface area contributed by atoms with Crippen molar-refractivity contribution in [3.05, 3.63) is 14.7 Å². The van der Waals surface area contributed by atoms with Gasteiger partial charge in [0.15, 0.2) is 0 Å². The largest absolute Gasteiger partial charge is 0.477 e. The minimum Gasteiger partial charge on any atom is -0.477 e. The summed E-state index contributed by atoms with van der Waals surface area (Å²) in [5, 5.41) is 19.0. The zero-order valence-electron chi connectivity index (χ0n) is 14.7. The molecule has 25 heavy (non-hydrogen) atoms. The predicted octanol–water partition coefficient (Wildman–Crippen LogP) is 4.53. The second-order valence-corrected chi connectivity index (χ2v) is 9.44. The smallest absolute Gasteiger partial charge is 0.348 e. The highest BCUT2D eigenvalue weighted by Gasteiger charge is 2.31. The van der Waals surface area contributed by atoms with Crippen molar-refractivity contribution in [2.24, 2.45) is 11.8 Å². The maximum absolute atomic E-state index is 13.1. The van der Waals surface area contributed by atoms with E-state index >= 15 is 0 Å². The Hall–Kier alpha value is -0.920. The number of aliphatic hydroxyl groups is 1. The fraction of sp³-hybridized carbons (Fsp3) is 0.667. The molecule has 1 heterocycles. The molecule has 1 atom stereocenters. The average Bonchev–Trinajstić information content (AvgIpc) is 2.93. The Morgan fingerprint density at radius 2 is 2.00 bits per heavy atom. The van der Waals surface area contributed by atoms with Crippen molar-refractivity contribution in [3.63, 3.8) is 0 Å².